The van der Waals surface area contributed by atoms with Crippen LogP contribution in [0.2, 0.25) is 0 Å². The average molecular weight is 356 g/mol. The number of hydrogen-bond donors (Lipinski definition) is 0. The lowest BCUT2D eigenvalue weighted by atomic mass is 10.5. The topological polar surface area (TPSA) is 55.8 Å². The Morgan fingerprint density at radius 2 is 1.71 bits per heavy atom. The molecule has 0 unspecified atom stereocenters. The van der Waals surface area contributed by atoms with Gasteiger partial charge in [0.15, 0.2) is 0 Å². The molecule has 0 saturated carbocycles. The fraction of sp³-hybridized carbons (Fsp3) is 0.692. The van der Waals surface area contributed by atoms with E-state index in [1.54, 1.807) is 12.1 Å². The summed E-state index contributed by atoms with van der Waals surface area (Å²) in [4.78, 5) is 0.838. The standard InChI is InChI=1S/C13H22ClNO4S2/c1-3-18-9-7-15(8-10-19-4-2)21(16,17)13-6-5-12(11-14)20-13/h5-6H,3-4,7-11H2,1-2H3. The van der Waals surface area contributed by atoms with Gasteiger partial charge in [-0.15, -0.1) is 22.9 Å². The van der Waals surface area contributed by atoms with Crippen LogP contribution in [0.3, 0.4) is 0 Å². The van der Waals surface area contributed by atoms with Gasteiger partial charge in [-0.2, -0.15) is 4.31 Å². The highest BCUT2D eigenvalue weighted by Crippen LogP contribution is 2.25. The van der Waals surface area contributed by atoms with E-state index in [1.807, 2.05) is 13.8 Å². The van der Waals surface area contributed by atoms with Gasteiger partial charge in [-0.05, 0) is 26.0 Å². The van der Waals surface area contributed by atoms with Gasteiger partial charge < -0.3 is 9.47 Å². The fourth-order valence-electron chi connectivity index (χ4n) is 1.67. The van der Waals surface area contributed by atoms with E-state index in [-0.39, 0.29) is 0 Å². The molecule has 0 bridgehead atoms. The van der Waals surface area contributed by atoms with Crippen molar-refractivity contribution in [3.8, 4) is 0 Å². The second kappa shape index (κ2) is 9.76. The van der Waals surface area contributed by atoms with Crippen LogP contribution in [0.15, 0.2) is 16.3 Å². The summed E-state index contributed by atoms with van der Waals surface area (Å²) in [5, 5.41) is 0. The monoisotopic (exact) mass is 355 g/mol. The first-order valence-corrected chi connectivity index (χ1v) is 9.65. The van der Waals surface area contributed by atoms with E-state index < -0.39 is 10.0 Å². The Bertz CT molecular complexity index is 494. The smallest absolute Gasteiger partial charge is 0.252 e. The molecule has 0 aromatic carbocycles. The molecule has 122 valence electrons. The molecule has 0 atom stereocenters. The summed E-state index contributed by atoms with van der Waals surface area (Å²) in [6, 6.07) is 3.35. The third-order valence-corrected chi connectivity index (χ3v) is 6.64. The van der Waals surface area contributed by atoms with E-state index in [9.17, 15) is 8.42 Å². The zero-order chi connectivity index (χ0) is 15.7. The minimum Gasteiger partial charge on any atom is -0.380 e. The number of alkyl halides is 1. The van der Waals surface area contributed by atoms with Crippen molar-refractivity contribution < 1.29 is 17.9 Å². The van der Waals surface area contributed by atoms with E-state index in [2.05, 4.69) is 0 Å². The third kappa shape index (κ3) is 5.84. The highest BCUT2D eigenvalue weighted by atomic mass is 35.5. The maximum absolute atomic E-state index is 12.6. The van der Waals surface area contributed by atoms with Crippen LogP contribution in [-0.2, 0) is 25.4 Å². The molecule has 0 aliphatic heterocycles. The van der Waals surface area contributed by atoms with Crippen LogP contribution in [0.5, 0.6) is 0 Å². The van der Waals surface area contributed by atoms with Crippen molar-refractivity contribution in [1.82, 2.24) is 4.31 Å². The van der Waals surface area contributed by atoms with Gasteiger partial charge in [-0.1, -0.05) is 0 Å². The first-order valence-electron chi connectivity index (χ1n) is 6.86. The molecule has 0 aliphatic rings. The minimum atomic E-state index is -3.52. The molecule has 1 rings (SSSR count). The van der Waals surface area contributed by atoms with Gasteiger partial charge in [0, 0.05) is 31.2 Å². The molecule has 5 nitrogen and oxygen atoms in total. The van der Waals surface area contributed by atoms with Crippen molar-refractivity contribution in [1.29, 1.82) is 0 Å². The lowest BCUT2D eigenvalue weighted by Gasteiger charge is -2.21. The zero-order valence-corrected chi connectivity index (χ0v) is 14.8. The van der Waals surface area contributed by atoms with Crippen molar-refractivity contribution in [3.05, 3.63) is 17.0 Å². The van der Waals surface area contributed by atoms with Crippen molar-refractivity contribution in [2.45, 2.75) is 23.9 Å². The third-order valence-electron chi connectivity index (χ3n) is 2.74. The van der Waals surface area contributed by atoms with E-state index >= 15 is 0 Å². The van der Waals surface area contributed by atoms with Crippen molar-refractivity contribution in [3.63, 3.8) is 0 Å². The molecule has 1 aromatic rings. The van der Waals surface area contributed by atoms with Crippen molar-refractivity contribution in [2.24, 2.45) is 0 Å². The summed E-state index contributed by atoms with van der Waals surface area (Å²) >= 11 is 6.94. The number of rotatable bonds is 11. The Hall–Kier alpha value is -0.180. The minimum absolute atomic E-state index is 0.311. The number of hydrogen-bond acceptors (Lipinski definition) is 5. The maximum Gasteiger partial charge on any atom is 0.252 e. The molecule has 1 aromatic heterocycles. The predicted molar refractivity (Wildman–Crippen MR) is 85.6 cm³/mol. The molecular weight excluding hydrogens is 334 g/mol. The van der Waals surface area contributed by atoms with Gasteiger partial charge in [0.05, 0.1) is 19.1 Å². The molecule has 0 amide bonds. The van der Waals surface area contributed by atoms with E-state index in [1.165, 1.54) is 15.6 Å². The Labute approximate surface area is 135 Å². The zero-order valence-electron chi connectivity index (χ0n) is 12.4. The molecule has 0 radical (unpaired) electrons. The Balaban J connectivity index is 2.81. The number of halogens is 1. The summed E-state index contributed by atoms with van der Waals surface area (Å²) in [6.07, 6.45) is 0. The van der Waals surface area contributed by atoms with Crippen LogP contribution in [-0.4, -0.2) is 52.2 Å². The van der Waals surface area contributed by atoms with Crippen LogP contribution in [0, 0.1) is 0 Å². The quantitative estimate of drug-likeness (QED) is 0.452. The molecule has 0 N–H and O–H groups in total. The van der Waals surface area contributed by atoms with Gasteiger partial charge >= 0.3 is 0 Å². The highest BCUT2D eigenvalue weighted by molar-refractivity contribution is 7.91. The first kappa shape index (κ1) is 18.9. The Morgan fingerprint density at radius 1 is 1.14 bits per heavy atom. The molecule has 8 heteroatoms. The number of ether oxygens (including phenoxy) is 2. The highest BCUT2D eigenvalue weighted by Gasteiger charge is 2.25. The van der Waals surface area contributed by atoms with E-state index in [0.29, 0.717) is 49.6 Å². The summed E-state index contributed by atoms with van der Waals surface area (Å²) in [6.45, 7) is 6.26. The van der Waals surface area contributed by atoms with Crippen LogP contribution in [0.4, 0.5) is 0 Å². The Kier molecular flexibility index (Phi) is 8.77. The predicted octanol–water partition coefficient (Wildman–Crippen LogP) is 2.55. The SMILES string of the molecule is CCOCCN(CCOCC)S(=O)(=O)c1ccc(CCl)s1. The number of sulfonamides is 1. The summed E-state index contributed by atoms with van der Waals surface area (Å²) < 4.78 is 37.5. The molecule has 0 saturated heterocycles. The van der Waals surface area contributed by atoms with Crippen LogP contribution in [0.25, 0.3) is 0 Å². The molecule has 1 heterocycles. The van der Waals surface area contributed by atoms with E-state index in [0.717, 1.165) is 4.88 Å². The second-order valence-corrected chi connectivity index (χ2v) is 7.75. The van der Waals surface area contributed by atoms with Gasteiger partial charge in [0.1, 0.15) is 4.21 Å². The molecular formula is C13H22ClNO4S2. The number of thiophene rings is 1. The summed E-state index contributed by atoms with van der Waals surface area (Å²) in [5.41, 5.74) is 0. The molecule has 0 spiro atoms. The van der Waals surface area contributed by atoms with Crippen molar-refractivity contribution >= 4 is 33.0 Å². The maximum atomic E-state index is 12.6. The van der Waals surface area contributed by atoms with Crippen molar-refractivity contribution in [2.75, 3.05) is 39.5 Å². The average Bonchev–Trinajstić information content (AvgIpc) is 2.95. The first-order chi connectivity index (χ1) is 10.1. The van der Waals surface area contributed by atoms with Crippen LogP contribution in [0.1, 0.15) is 18.7 Å². The summed E-state index contributed by atoms with van der Waals surface area (Å²) in [7, 11) is -3.52. The molecule has 21 heavy (non-hydrogen) atoms. The lowest BCUT2D eigenvalue weighted by molar-refractivity contribution is 0.110. The molecule has 0 fully saturated rings. The van der Waals surface area contributed by atoms with Gasteiger partial charge in [0.2, 0.25) is 0 Å². The van der Waals surface area contributed by atoms with Crippen LogP contribution >= 0.6 is 22.9 Å². The van der Waals surface area contributed by atoms with Crippen LogP contribution < -0.4 is 0 Å². The van der Waals surface area contributed by atoms with Gasteiger partial charge in [-0.3, -0.25) is 0 Å². The normalized spacial score (nSPS) is 12.2. The second-order valence-electron chi connectivity index (χ2n) is 4.15. The number of nitrogens with zero attached hydrogens (tertiary/aromatic N) is 1. The fourth-order valence-corrected chi connectivity index (χ4v) is 4.69. The molecule has 0 aliphatic carbocycles. The largest absolute Gasteiger partial charge is 0.380 e. The summed E-state index contributed by atoms with van der Waals surface area (Å²) in [5.74, 6) is 0.318. The lowest BCUT2D eigenvalue weighted by Crippen LogP contribution is -2.36. The van der Waals surface area contributed by atoms with E-state index in [4.69, 9.17) is 21.1 Å². The van der Waals surface area contributed by atoms with Gasteiger partial charge in [0.25, 0.3) is 10.0 Å². The van der Waals surface area contributed by atoms with Gasteiger partial charge in [-0.25, -0.2) is 8.42 Å². The Morgan fingerprint density at radius 3 is 2.14 bits per heavy atom.